The summed E-state index contributed by atoms with van der Waals surface area (Å²) < 4.78 is 59.5. The largest absolute Gasteiger partial charge is 0.309 e. The van der Waals surface area contributed by atoms with Gasteiger partial charge in [0, 0.05) is 28.5 Å². The molecule has 0 saturated carbocycles. The highest BCUT2D eigenvalue weighted by Crippen LogP contribution is 2.41. The van der Waals surface area contributed by atoms with Crippen LogP contribution in [-0.2, 0) is 0 Å². The molecule has 0 aliphatic rings. The lowest BCUT2D eigenvalue weighted by Gasteiger charge is -2.16. The molecule has 1 heterocycles. The summed E-state index contributed by atoms with van der Waals surface area (Å²) in [5.74, 6) is -2.66. The standard InChI is InChI=1S/C46H27F4N/c47-35-19-33(20-36(48)26-35)30-15-17-45-42(23-30)43-24-31(34-21-37(49)27-38(50)22-34)16-18-46(43)51(45)44-12-5-4-10-40(44)32-14-13-29-9-6-11-39(41(29)25-32)28-7-2-1-3-8-28/h1-27H. The molecule has 0 saturated heterocycles. The van der Waals surface area contributed by atoms with E-state index in [0.717, 1.165) is 72.7 Å². The quantitative estimate of drug-likeness (QED) is 0.161. The maximum atomic E-state index is 14.3. The van der Waals surface area contributed by atoms with Crippen LogP contribution >= 0.6 is 0 Å². The minimum absolute atomic E-state index is 0.407. The maximum absolute atomic E-state index is 14.3. The second-order valence-corrected chi connectivity index (χ2v) is 12.7. The number of aromatic nitrogens is 1. The zero-order valence-electron chi connectivity index (χ0n) is 27.0. The first-order valence-electron chi connectivity index (χ1n) is 16.6. The molecule has 0 fully saturated rings. The van der Waals surface area contributed by atoms with Crippen LogP contribution in [0, 0.1) is 23.3 Å². The van der Waals surface area contributed by atoms with Crippen molar-refractivity contribution in [1.29, 1.82) is 0 Å². The molecular formula is C46H27F4N. The Labute approximate surface area is 291 Å². The van der Waals surface area contributed by atoms with E-state index in [1.807, 2.05) is 66.7 Å². The number of benzene rings is 8. The number of nitrogens with zero attached hydrogens (tertiary/aromatic N) is 1. The number of hydrogen-bond acceptors (Lipinski definition) is 0. The molecule has 1 nitrogen and oxygen atoms in total. The molecular weight excluding hydrogens is 643 g/mol. The van der Waals surface area contributed by atoms with E-state index in [4.69, 9.17) is 0 Å². The van der Waals surface area contributed by atoms with Crippen molar-refractivity contribution in [1.82, 2.24) is 4.57 Å². The van der Waals surface area contributed by atoms with Crippen molar-refractivity contribution in [2.45, 2.75) is 0 Å². The van der Waals surface area contributed by atoms with E-state index >= 15 is 0 Å². The Morgan fingerprint density at radius 2 is 0.824 bits per heavy atom. The van der Waals surface area contributed by atoms with Crippen LogP contribution in [-0.4, -0.2) is 4.57 Å². The van der Waals surface area contributed by atoms with E-state index in [9.17, 15) is 17.6 Å². The van der Waals surface area contributed by atoms with Crippen LogP contribution in [0.25, 0.3) is 82.8 Å². The third-order valence-electron chi connectivity index (χ3n) is 9.58. The van der Waals surface area contributed by atoms with Gasteiger partial charge >= 0.3 is 0 Å². The van der Waals surface area contributed by atoms with Gasteiger partial charge in [-0.2, -0.15) is 0 Å². The molecule has 0 radical (unpaired) electrons. The maximum Gasteiger partial charge on any atom is 0.126 e. The van der Waals surface area contributed by atoms with Gasteiger partial charge in [-0.25, -0.2) is 17.6 Å². The fourth-order valence-corrected chi connectivity index (χ4v) is 7.31. The van der Waals surface area contributed by atoms with Crippen molar-refractivity contribution in [3.8, 4) is 50.2 Å². The Hall–Kier alpha value is -6.46. The van der Waals surface area contributed by atoms with E-state index in [0.29, 0.717) is 22.3 Å². The third-order valence-corrected chi connectivity index (χ3v) is 9.58. The average Bonchev–Trinajstić information content (AvgIpc) is 3.47. The van der Waals surface area contributed by atoms with Crippen LogP contribution < -0.4 is 0 Å². The van der Waals surface area contributed by atoms with Crippen LogP contribution in [0.1, 0.15) is 0 Å². The van der Waals surface area contributed by atoms with Gasteiger partial charge in [-0.3, -0.25) is 0 Å². The minimum Gasteiger partial charge on any atom is -0.309 e. The van der Waals surface area contributed by atoms with Crippen molar-refractivity contribution in [2.24, 2.45) is 0 Å². The molecule has 0 bridgehead atoms. The van der Waals surface area contributed by atoms with Gasteiger partial charge in [0.15, 0.2) is 0 Å². The average molecular weight is 670 g/mol. The van der Waals surface area contributed by atoms with Gasteiger partial charge in [0.25, 0.3) is 0 Å². The Bertz CT molecular complexity index is 2650. The number of para-hydroxylation sites is 1. The smallest absolute Gasteiger partial charge is 0.126 e. The highest BCUT2D eigenvalue weighted by molar-refractivity contribution is 6.12. The lowest BCUT2D eigenvalue weighted by molar-refractivity contribution is 0.583. The van der Waals surface area contributed by atoms with Gasteiger partial charge in [-0.05, 0) is 110 Å². The predicted molar refractivity (Wildman–Crippen MR) is 200 cm³/mol. The highest BCUT2D eigenvalue weighted by Gasteiger charge is 2.18. The third kappa shape index (κ3) is 5.44. The van der Waals surface area contributed by atoms with Gasteiger partial charge in [0.1, 0.15) is 23.3 Å². The molecule has 8 aromatic carbocycles. The van der Waals surface area contributed by atoms with E-state index in [2.05, 4.69) is 65.2 Å². The normalized spacial score (nSPS) is 11.5. The molecule has 1 aromatic heterocycles. The zero-order chi connectivity index (χ0) is 34.6. The summed E-state index contributed by atoms with van der Waals surface area (Å²) in [6, 6.07) is 49.8. The Kier molecular flexibility index (Phi) is 7.29. The number of fused-ring (bicyclic) bond motifs is 4. The summed E-state index contributed by atoms with van der Waals surface area (Å²) in [5.41, 5.74) is 9.08. The molecule has 0 atom stereocenters. The second kappa shape index (κ2) is 12.1. The van der Waals surface area contributed by atoms with Crippen LogP contribution in [0.5, 0.6) is 0 Å². The Morgan fingerprint density at radius 1 is 0.314 bits per heavy atom. The fourth-order valence-electron chi connectivity index (χ4n) is 7.31. The van der Waals surface area contributed by atoms with Gasteiger partial charge in [0.2, 0.25) is 0 Å². The molecule has 51 heavy (non-hydrogen) atoms. The van der Waals surface area contributed by atoms with Gasteiger partial charge < -0.3 is 4.57 Å². The number of hydrogen-bond donors (Lipinski definition) is 0. The zero-order valence-corrected chi connectivity index (χ0v) is 27.0. The first-order valence-corrected chi connectivity index (χ1v) is 16.6. The fraction of sp³-hybridized carbons (Fsp3) is 0. The SMILES string of the molecule is Fc1cc(F)cc(-c2ccc3c(c2)c2cc(-c4cc(F)cc(F)c4)ccc2n3-c2ccccc2-c2ccc3cccc(-c4ccccc4)c3c2)c1. The summed E-state index contributed by atoms with van der Waals surface area (Å²) in [4.78, 5) is 0. The molecule has 5 heteroatoms. The van der Waals surface area contributed by atoms with Crippen molar-refractivity contribution < 1.29 is 17.6 Å². The van der Waals surface area contributed by atoms with Gasteiger partial charge in [-0.15, -0.1) is 0 Å². The lowest BCUT2D eigenvalue weighted by atomic mass is 9.94. The van der Waals surface area contributed by atoms with Crippen molar-refractivity contribution in [2.75, 3.05) is 0 Å². The molecule has 0 N–H and O–H groups in total. The van der Waals surface area contributed by atoms with Crippen molar-refractivity contribution in [3.63, 3.8) is 0 Å². The monoisotopic (exact) mass is 669 g/mol. The van der Waals surface area contributed by atoms with E-state index in [-0.39, 0.29) is 0 Å². The summed E-state index contributed by atoms with van der Waals surface area (Å²) in [5, 5.41) is 3.92. The number of halogens is 4. The summed E-state index contributed by atoms with van der Waals surface area (Å²) in [6.45, 7) is 0. The van der Waals surface area contributed by atoms with Crippen molar-refractivity contribution >= 4 is 32.6 Å². The van der Waals surface area contributed by atoms with Crippen LogP contribution in [0.3, 0.4) is 0 Å². The Balaban J connectivity index is 1.29. The van der Waals surface area contributed by atoms with Gasteiger partial charge in [-0.1, -0.05) is 91.0 Å². The van der Waals surface area contributed by atoms with Crippen molar-refractivity contribution in [3.05, 3.63) is 187 Å². The first kappa shape index (κ1) is 30.6. The Morgan fingerprint density at radius 3 is 1.43 bits per heavy atom. The molecule has 0 spiro atoms. The number of rotatable bonds is 5. The van der Waals surface area contributed by atoms with Gasteiger partial charge in [0.05, 0.1) is 16.7 Å². The molecule has 9 aromatic rings. The van der Waals surface area contributed by atoms with Crippen LogP contribution in [0.15, 0.2) is 164 Å². The summed E-state index contributed by atoms with van der Waals surface area (Å²) in [7, 11) is 0. The molecule has 0 amide bonds. The molecule has 0 unspecified atom stereocenters. The lowest BCUT2D eigenvalue weighted by Crippen LogP contribution is -1.97. The van der Waals surface area contributed by atoms with Crippen LogP contribution in [0.4, 0.5) is 17.6 Å². The molecule has 0 aliphatic carbocycles. The van der Waals surface area contributed by atoms with E-state index < -0.39 is 23.3 Å². The first-order chi connectivity index (χ1) is 24.9. The molecule has 9 rings (SSSR count). The summed E-state index contributed by atoms with van der Waals surface area (Å²) in [6.07, 6.45) is 0. The minimum atomic E-state index is -0.664. The summed E-state index contributed by atoms with van der Waals surface area (Å²) >= 11 is 0. The highest BCUT2D eigenvalue weighted by atomic mass is 19.1. The van der Waals surface area contributed by atoms with E-state index in [1.165, 1.54) is 24.3 Å². The predicted octanol–water partition coefficient (Wildman–Crippen LogP) is 13.2. The second-order valence-electron chi connectivity index (χ2n) is 12.7. The topological polar surface area (TPSA) is 4.93 Å². The van der Waals surface area contributed by atoms with Crippen LogP contribution in [0.2, 0.25) is 0 Å². The molecule has 0 aliphatic heterocycles. The molecule has 244 valence electrons. The van der Waals surface area contributed by atoms with E-state index in [1.54, 1.807) is 0 Å².